The minimum atomic E-state index is -0.459. The second-order valence-corrected chi connectivity index (χ2v) is 7.58. The molecule has 0 aliphatic carbocycles. The van der Waals surface area contributed by atoms with E-state index in [1.54, 1.807) is 26.2 Å². The number of Topliss-reactive ketones (excluding diaryl/α,β-unsaturated/α-hetero) is 1. The molecule has 0 aliphatic rings. The van der Waals surface area contributed by atoms with Crippen molar-refractivity contribution in [3.05, 3.63) is 40.9 Å². The molecule has 1 atom stereocenters. The van der Waals surface area contributed by atoms with Crippen LogP contribution >= 0.6 is 11.8 Å². The first kappa shape index (κ1) is 19.9. The lowest BCUT2D eigenvalue weighted by molar-refractivity contribution is 0.0599. The molecule has 0 aromatic carbocycles. The highest BCUT2D eigenvalue weighted by atomic mass is 32.2. The zero-order valence-corrected chi connectivity index (χ0v) is 17.2. The Hall–Kier alpha value is -2.81. The van der Waals surface area contributed by atoms with Crippen LogP contribution in [-0.4, -0.2) is 43.9 Å². The van der Waals surface area contributed by atoms with E-state index < -0.39 is 11.2 Å². The van der Waals surface area contributed by atoms with Crippen molar-refractivity contribution >= 4 is 23.5 Å². The van der Waals surface area contributed by atoms with Gasteiger partial charge in [0.1, 0.15) is 0 Å². The molecule has 0 bridgehead atoms. The number of carbonyl (C=O) groups excluding carboxylic acids is 2. The number of aromatic nitrogens is 4. The van der Waals surface area contributed by atoms with Crippen LogP contribution in [0, 0.1) is 13.8 Å². The van der Waals surface area contributed by atoms with Crippen molar-refractivity contribution < 1.29 is 18.7 Å². The summed E-state index contributed by atoms with van der Waals surface area (Å²) in [6.07, 6.45) is 1.58. The van der Waals surface area contributed by atoms with Crippen molar-refractivity contribution in [2.45, 2.75) is 44.6 Å². The molecule has 0 saturated carbocycles. The van der Waals surface area contributed by atoms with Gasteiger partial charge >= 0.3 is 5.97 Å². The summed E-state index contributed by atoms with van der Waals surface area (Å²) >= 11 is 1.32. The first-order chi connectivity index (χ1) is 13.4. The fraction of sp³-hybridized carbons (Fsp3) is 0.368. The number of H-pyrrole nitrogens is 1. The number of carbonyl (C=O) groups is 2. The molecule has 3 aromatic heterocycles. The van der Waals surface area contributed by atoms with Gasteiger partial charge in [0.25, 0.3) is 0 Å². The number of ether oxygens (including phenoxy) is 1. The summed E-state index contributed by atoms with van der Waals surface area (Å²) in [5, 5.41) is 8.63. The van der Waals surface area contributed by atoms with Crippen LogP contribution in [0.5, 0.6) is 0 Å². The lowest BCUT2D eigenvalue weighted by Crippen LogP contribution is -2.16. The number of ketones is 1. The fourth-order valence-corrected chi connectivity index (χ4v) is 4.04. The van der Waals surface area contributed by atoms with Gasteiger partial charge in [0, 0.05) is 12.2 Å². The van der Waals surface area contributed by atoms with E-state index in [0.717, 1.165) is 0 Å². The highest BCUT2D eigenvalue weighted by Gasteiger charge is 2.27. The Labute approximate surface area is 166 Å². The standard InChI is InChI=1S/C19H22N4O4S/c1-6-23-17(13-8-7-9-27-13)21-22-19(23)28-12(4)16(24)15-10(2)14(11(3)20-15)18(25)26-5/h7-9,12,20H,6H2,1-5H3. The van der Waals surface area contributed by atoms with Gasteiger partial charge in [-0.05, 0) is 45.4 Å². The highest BCUT2D eigenvalue weighted by molar-refractivity contribution is 8.00. The Morgan fingerprint density at radius 1 is 1.36 bits per heavy atom. The largest absolute Gasteiger partial charge is 0.465 e. The van der Waals surface area contributed by atoms with Crippen LogP contribution in [0.4, 0.5) is 0 Å². The average Bonchev–Trinajstić information content (AvgIpc) is 3.39. The molecule has 9 heteroatoms. The molecule has 1 unspecified atom stereocenters. The minimum Gasteiger partial charge on any atom is -0.465 e. The van der Waals surface area contributed by atoms with Gasteiger partial charge in [0.2, 0.25) is 0 Å². The number of hydrogen-bond donors (Lipinski definition) is 1. The predicted molar refractivity (Wildman–Crippen MR) is 105 cm³/mol. The fourth-order valence-electron chi connectivity index (χ4n) is 3.07. The zero-order valence-electron chi connectivity index (χ0n) is 16.4. The van der Waals surface area contributed by atoms with E-state index in [0.29, 0.717) is 45.8 Å². The Morgan fingerprint density at radius 3 is 2.71 bits per heavy atom. The maximum absolute atomic E-state index is 13.0. The van der Waals surface area contributed by atoms with Gasteiger partial charge in [-0.3, -0.25) is 9.36 Å². The molecule has 148 valence electrons. The Kier molecular flexibility index (Phi) is 5.73. The summed E-state index contributed by atoms with van der Waals surface area (Å²) < 4.78 is 12.1. The van der Waals surface area contributed by atoms with Crippen molar-refractivity contribution in [1.29, 1.82) is 0 Å². The van der Waals surface area contributed by atoms with E-state index in [1.165, 1.54) is 18.9 Å². The van der Waals surface area contributed by atoms with Crippen LogP contribution in [0.1, 0.15) is 46.0 Å². The van der Waals surface area contributed by atoms with Crippen molar-refractivity contribution in [2.75, 3.05) is 7.11 Å². The van der Waals surface area contributed by atoms with E-state index in [4.69, 9.17) is 9.15 Å². The van der Waals surface area contributed by atoms with Crippen LogP contribution in [-0.2, 0) is 11.3 Å². The molecule has 28 heavy (non-hydrogen) atoms. The Bertz CT molecular complexity index is 1000. The van der Waals surface area contributed by atoms with E-state index >= 15 is 0 Å². The first-order valence-electron chi connectivity index (χ1n) is 8.84. The van der Waals surface area contributed by atoms with Gasteiger partial charge in [0.05, 0.1) is 29.9 Å². The van der Waals surface area contributed by atoms with Crippen LogP contribution < -0.4 is 0 Å². The number of nitrogens with one attached hydrogen (secondary N) is 1. The van der Waals surface area contributed by atoms with Crippen molar-refractivity contribution in [3.8, 4) is 11.6 Å². The van der Waals surface area contributed by atoms with Crippen molar-refractivity contribution in [3.63, 3.8) is 0 Å². The molecule has 1 N–H and O–H groups in total. The van der Waals surface area contributed by atoms with Gasteiger partial charge in [-0.2, -0.15) is 0 Å². The summed E-state index contributed by atoms with van der Waals surface area (Å²) in [4.78, 5) is 28.0. The zero-order chi connectivity index (χ0) is 20.4. The molecule has 3 heterocycles. The lowest BCUT2D eigenvalue weighted by Gasteiger charge is -2.11. The molecule has 0 spiro atoms. The van der Waals surface area contributed by atoms with Gasteiger partial charge in [-0.15, -0.1) is 10.2 Å². The van der Waals surface area contributed by atoms with Crippen LogP contribution in [0.15, 0.2) is 28.0 Å². The van der Waals surface area contributed by atoms with E-state index in [9.17, 15) is 9.59 Å². The van der Waals surface area contributed by atoms with Crippen molar-refractivity contribution in [1.82, 2.24) is 19.7 Å². The second kappa shape index (κ2) is 8.05. The predicted octanol–water partition coefficient (Wildman–Crippen LogP) is 3.65. The molecule has 3 rings (SSSR count). The van der Waals surface area contributed by atoms with E-state index in [-0.39, 0.29) is 5.78 Å². The highest BCUT2D eigenvalue weighted by Crippen LogP contribution is 2.30. The first-order valence-corrected chi connectivity index (χ1v) is 9.72. The van der Waals surface area contributed by atoms with E-state index in [1.807, 2.05) is 24.5 Å². The third kappa shape index (κ3) is 3.49. The van der Waals surface area contributed by atoms with Crippen LogP contribution in [0.25, 0.3) is 11.6 Å². The van der Waals surface area contributed by atoms with Crippen LogP contribution in [0.3, 0.4) is 0 Å². The smallest absolute Gasteiger partial charge is 0.339 e. The molecular formula is C19H22N4O4S. The molecule has 0 saturated heterocycles. The molecule has 0 radical (unpaired) electrons. The Balaban J connectivity index is 1.85. The number of rotatable bonds is 7. The molecule has 0 aliphatic heterocycles. The quantitative estimate of drug-likeness (QED) is 0.365. The maximum Gasteiger partial charge on any atom is 0.339 e. The number of hydrogen-bond acceptors (Lipinski definition) is 7. The maximum atomic E-state index is 13.0. The summed E-state index contributed by atoms with van der Waals surface area (Å²) in [5.41, 5.74) is 2.02. The number of aryl methyl sites for hydroxylation is 1. The van der Waals surface area contributed by atoms with Gasteiger partial charge in [-0.1, -0.05) is 11.8 Å². The third-order valence-corrected chi connectivity index (χ3v) is 5.58. The summed E-state index contributed by atoms with van der Waals surface area (Å²) in [6, 6.07) is 3.61. The van der Waals surface area contributed by atoms with Gasteiger partial charge in [-0.25, -0.2) is 4.79 Å². The topological polar surface area (TPSA) is 103 Å². The molecule has 0 amide bonds. The number of thioether (sulfide) groups is 1. The average molecular weight is 402 g/mol. The summed E-state index contributed by atoms with van der Waals surface area (Å²) in [6.45, 7) is 7.91. The summed E-state index contributed by atoms with van der Waals surface area (Å²) in [7, 11) is 1.32. The molecular weight excluding hydrogens is 380 g/mol. The molecule has 8 nitrogen and oxygen atoms in total. The van der Waals surface area contributed by atoms with Crippen molar-refractivity contribution in [2.24, 2.45) is 0 Å². The number of methoxy groups -OCH3 is 1. The number of esters is 1. The monoisotopic (exact) mass is 402 g/mol. The SMILES string of the molecule is CCn1c(SC(C)C(=O)c2[nH]c(C)c(C(=O)OC)c2C)nnc1-c1ccco1. The number of nitrogens with zero attached hydrogens (tertiary/aromatic N) is 3. The van der Waals surface area contributed by atoms with E-state index in [2.05, 4.69) is 15.2 Å². The number of aromatic amines is 1. The van der Waals surface area contributed by atoms with Gasteiger partial charge < -0.3 is 14.1 Å². The molecule has 3 aromatic rings. The number of furan rings is 1. The lowest BCUT2D eigenvalue weighted by atomic mass is 10.1. The Morgan fingerprint density at radius 2 is 2.11 bits per heavy atom. The minimum absolute atomic E-state index is 0.119. The molecule has 0 fully saturated rings. The normalized spacial score (nSPS) is 12.2. The van der Waals surface area contributed by atoms with Crippen LogP contribution in [0.2, 0.25) is 0 Å². The van der Waals surface area contributed by atoms with Gasteiger partial charge in [0.15, 0.2) is 22.5 Å². The second-order valence-electron chi connectivity index (χ2n) is 6.27. The third-order valence-electron chi connectivity index (χ3n) is 4.50. The summed E-state index contributed by atoms with van der Waals surface area (Å²) in [5.74, 6) is 0.665.